The summed E-state index contributed by atoms with van der Waals surface area (Å²) < 4.78 is 1.68. The van der Waals surface area contributed by atoms with Crippen LogP contribution in [-0.2, 0) is 7.05 Å². The van der Waals surface area contributed by atoms with E-state index in [2.05, 4.69) is 10.4 Å². The molecular weight excluding hydrogens is 232 g/mol. The zero-order valence-corrected chi connectivity index (χ0v) is 10.1. The number of carbonyl (C=O) groups is 1. The van der Waals surface area contributed by atoms with Crippen LogP contribution in [0.3, 0.4) is 0 Å². The number of carboxylic acid groups (broad SMARTS) is 1. The van der Waals surface area contributed by atoms with Crippen LogP contribution >= 0.6 is 0 Å². The number of carboxylic acids is 1. The molecule has 4 N–H and O–H groups in total. The smallest absolute Gasteiger partial charge is 0.335 e. The number of aromatic carboxylic acids is 1. The number of anilines is 3. The van der Waals surface area contributed by atoms with Gasteiger partial charge in [0.15, 0.2) is 0 Å². The van der Waals surface area contributed by atoms with Crippen LogP contribution in [-0.4, -0.2) is 20.9 Å². The Kier molecular flexibility index (Phi) is 2.93. The van der Waals surface area contributed by atoms with Crippen LogP contribution in [0.1, 0.15) is 16.1 Å². The maximum Gasteiger partial charge on any atom is 0.335 e. The summed E-state index contributed by atoms with van der Waals surface area (Å²) in [5, 5.41) is 16.2. The second kappa shape index (κ2) is 4.40. The quantitative estimate of drug-likeness (QED) is 0.717. The molecule has 0 aliphatic carbocycles. The molecule has 0 aliphatic heterocycles. The third kappa shape index (κ3) is 2.27. The molecule has 0 spiro atoms. The van der Waals surface area contributed by atoms with E-state index in [0.717, 1.165) is 11.4 Å². The molecule has 0 bridgehead atoms. The van der Waals surface area contributed by atoms with Crippen molar-refractivity contribution in [3.05, 3.63) is 35.7 Å². The number of benzene rings is 1. The van der Waals surface area contributed by atoms with Gasteiger partial charge < -0.3 is 16.2 Å². The highest BCUT2D eigenvalue weighted by atomic mass is 16.4. The fraction of sp³-hybridized carbons (Fsp3) is 0.167. The Balaban J connectivity index is 2.36. The predicted molar refractivity (Wildman–Crippen MR) is 69.0 cm³/mol. The average Bonchev–Trinajstić information content (AvgIpc) is 2.60. The third-order valence-corrected chi connectivity index (χ3v) is 2.58. The van der Waals surface area contributed by atoms with Crippen molar-refractivity contribution in [3.8, 4) is 0 Å². The van der Waals surface area contributed by atoms with Gasteiger partial charge in [-0.25, -0.2) is 4.79 Å². The number of rotatable bonds is 3. The van der Waals surface area contributed by atoms with Crippen molar-refractivity contribution >= 4 is 23.0 Å². The molecule has 1 aromatic carbocycles. The van der Waals surface area contributed by atoms with Gasteiger partial charge in [0.2, 0.25) is 0 Å². The summed E-state index contributed by atoms with van der Waals surface area (Å²) >= 11 is 0. The molecule has 1 heterocycles. The fourth-order valence-corrected chi connectivity index (χ4v) is 1.66. The minimum Gasteiger partial charge on any atom is -0.478 e. The van der Waals surface area contributed by atoms with Crippen molar-refractivity contribution in [2.75, 3.05) is 11.1 Å². The van der Waals surface area contributed by atoms with Gasteiger partial charge >= 0.3 is 5.97 Å². The monoisotopic (exact) mass is 246 g/mol. The zero-order chi connectivity index (χ0) is 13.3. The van der Waals surface area contributed by atoms with Gasteiger partial charge in [-0.2, -0.15) is 5.10 Å². The minimum absolute atomic E-state index is 0.188. The van der Waals surface area contributed by atoms with Gasteiger partial charge in [0.1, 0.15) is 0 Å². The molecule has 0 amide bonds. The number of nitrogens with one attached hydrogen (secondary N) is 1. The molecule has 1 aromatic heterocycles. The Morgan fingerprint density at radius 3 is 2.72 bits per heavy atom. The molecule has 0 atom stereocenters. The molecule has 6 heteroatoms. The molecule has 0 saturated carbocycles. The van der Waals surface area contributed by atoms with E-state index in [4.69, 9.17) is 10.8 Å². The van der Waals surface area contributed by atoms with Crippen LogP contribution in [0.4, 0.5) is 17.1 Å². The highest BCUT2D eigenvalue weighted by Crippen LogP contribution is 2.25. The van der Waals surface area contributed by atoms with E-state index in [-0.39, 0.29) is 5.56 Å². The molecule has 0 aliphatic rings. The molecule has 0 saturated heterocycles. The van der Waals surface area contributed by atoms with Gasteiger partial charge in [-0.1, -0.05) is 0 Å². The lowest BCUT2D eigenvalue weighted by atomic mass is 10.1. The molecule has 94 valence electrons. The number of aromatic nitrogens is 2. The van der Waals surface area contributed by atoms with Crippen molar-refractivity contribution in [3.63, 3.8) is 0 Å². The largest absolute Gasteiger partial charge is 0.478 e. The first-order valence-electron chi connectivity index (χ1n) is 5.37. The summed E-state index contributed by atoms with van der Waals surface area (Å²) in [4.78, 5) is 10.9. The number of hydrogen-bond donors (Lipinski definition) is 3. The van der Waals surface area contributed by atoms with Crippen molar-refractivity contribution in [2.24, 2.45) is 7.05 Å². The van der Waals surface area contributed by atoms with Crippen LogP contribution in [0, 0.1) is 6.92 Å². The third-order valence-electron chi connectivity index (χ3n) is 2.58. The van der Waals surface area contributed by atoms with Crippen molar-refractivity contribution < 1.29 is 9.90 Å². The van der Waals surface area contributed by atoms with Gasteiger partial charge in [-0.15, -0.1) is 0 Å². The average molecular weight is 246 g/mol. The molecular formula is C12H14N4O2. The summed E-state index contributed by atoms with van der Waals surface area (Å²) in [6.45, 7) is 1.86. The summed E-state index contributed by atoms with van der Waals surface area (Å²) in [7, 11) is 1.81. The SMILES string of the molecule is Cc1nn(C)cc1Nc1cc(C(=O)O)ccc1N. The molecule has 0 fully saturated rings. The van der Waals surface area contributed by atoms with Gasteiger partial charge in [0, 0.05) is 13.2 Å². The van der Waals surface area contributed by atoms with E-state index in [1.807, 2.05) is 20.2 Å². The highest BCUT2D eigenvalue weighted by molar-refractivity contribution is 5.91. The van der Waals surface area contributed by atoms with Gasteiger partial charge in [-0.3, -0.25) is 4.68 Å². The Hall–Kier alpha value is -2.50. The number of aryl methyl sites for hydroxylation is 2. The van der Waals surface area contributed by atoms with E-state index < -0.39 is 5.97 Å². The van der Waals surface area contributed by atoms with Crippen LogP contribution in [0.2, 0.25) is 0 Å². The van der Waals surface area contributed by atoms with Crippen LogP contribution in [0.25, 0.3) is 0 Å². The number of nitrogen functional groups attached to an aromatic ring is 1. The maximum absolute atomic E-state index is 10.9. The molecule has 0 radical (unpaired) electrons. The van der Waals surface area contributed by atoms with E-state index in [9.17, 15) is 4.79 Å². The zero-order valence-electron chi connectivity index (χ0n) is 10.1. The minimum atomic E-state index is -0.985. The van der Waals surface area contributed by atoms with E-state index >= 15 is 0 Å². The van der Waals surface area contributed by atoms with Gasteiger partial charge in [0.05, 0.1) is 28.3 Å². The van der Waals surface area contributed by atoms with E-state index in [1.54, 1.807) is 10.7 Å². The number of nitrogens with two attached hydrogens (primary N) is 1. The Labute approximate surface area is 104 Å². The number of nitrogens with zero attached hydrogens (tertiary/aromatic N) is 2. The lowest BCUT2D eigenvalue weighted by Gasteiger charge is -2.09. The van der Waals surface area contributed by atoms with Crippen molar-refractivity contribution in [2.45, 2.75) is 6.92 Å². The molecule has 2 rings (SSSR count). The van der Waals surface area contributed by atoms with Gasteiger partial charge in [-0.05, 0) is 25.1 Å². The normalized spacial score (nSPS) is 10.3. The summed E-state index contributed by atoms with van der Waals surface area (Å²) in [6, 6.07) is 4.54. The standard InChI is InChI=1S/C12H14N4O2/c1-7-11(6-16(2)15-7)14-10-5-8(12(17)18)3-4-9(10)13/h3-6,14H,13H2,1-2H3,(H,17,18). The molecule has 18 heavy (non-hydrogen) atoms. The van der Waals surface area contributed by atoms with E-state index in [0.29, 0.717) is 11.4 Å². The second-order valence-corrected chi connectivity index (χ2v) is 4.03. The van der Waals surface area contributed by atoms with Gasteiger partial charge in [0.25, 0.3) is 0 Å². The fourth-order valence-electron chi connectivity index (χ4n) is 1.66. The van der Waals surface area contributed by atoms with Crippen molar-refractivity contribution in [1.82, 2.24) is 9.78 Å². The second-order valence-electron chi connectivity index (χ2n) is 4.03. The van der Waals surface area contributed by atoms with Crippen LogP contribution in [0.15, 0.2) is 24.4 Å². The lowest BCUT2D eigenvalue weighted by Crippen LogP contribution is -2.01. The Morgan fingerprint density at radius 1 is 1.44 bits per heavy atom. The highest BCUT2D eigenvalue weighted by Gasteiger charge is 2.09. The first-order chi connectivity index (χ1) is 8.47. The maximum atomic E-state index is 10.9. The summed E-state index contributed by atoms with van der Waals surface area (Å²) in [5.41, 5.74) is 8.67. The summed E-state index contributed by atoms with van der Waals surface area (Å²) in [5.74, 6) is -0.985. The predicted octanol–water partition coefficient (Wildman–Crippen LogP) is 1.75. The van der Waals surface area contributed by atoms with E-state index in [1.165, 1.54) is 12.1 Å². The van der Waals surface area contributed by atoms with Crippen LogP contribution in [0.5, 0.6) is 0 Å². The summed E-state index contributed by atoms with van der Waals surface area (Å²) in [6.07, 6.45) is 1.81. The molecule has 2 aromatic rings. The Morgan fingerprint density at radius 2 is 2.17 bits per heavy atom. The number of hydrogen-bond acceptors (Lipinski definition) is 4. The lowest BCUT2D eigenvalue weighted by molar-refractivity contribution is 0.0697. The first kappa shape index (κ1) is 12.0. The topological polar surface area (TPSA) is 93.2 Å². The Bertz CT molecular complexity index is 604. The molecule has 6 nitrogen and oxygen atoms in total. The van der Waals surface area contributed by atoms with Crippen LogP contribution < -0.4 is 11.1 Å². The van der Waals surface area contributed by atoms with Crippen molar-refractivity contribution in [1.29, 1.82) is 0 Å². The first-order valence-corrected chi connectivity index (χ1v) is 5.37. The molecule has 0 unspecified atom stereocenters.